The number of rotatable bonds is 4. The first-order chi connectivity index (χ1) is 10.4. The minimum atomic E-state index is -1.35. The van der Waals surface area contributed by atoms with E-state index in [0.717, 1.165) is 18.2 Å². The summed E-state index contributed by atoms with van der Waals surface area (Å²) in [4.78, 5) is 26.7. The van der Waals surface area contributed by atoms with Gasteiger partial charge >= 0.3 is 5.97 Å². The van der Waals surface area contributed by atoms with Crippen LogP contribution in [0.1, 0.15) is 38.2 Å². The number of carbonyl (C=O) groups excluding carboxylic acids is 1. The van der Waals surface area contributed by atoms with Gasteiger partial charge in [-0.15, -0.1) is 0 Å². The number of carboxylic acid groups (broad SMARTS) is 1. The quantitative estimate of drug-likeness (QED) is 0.792. The Morgan fingerprint density at radius 1 is 1.27 bits per heavy atom. The summed E-state index contributed by atoms with van der Waals surface area (Å²) in [5.74, 6) is -2.39. The number of pyridine rings is 1. The molecule has 3 N–H and O–H groups in total. The number of carboxylic acids is 1. The number of nitrogens with one attached hydrogen (secondary N) is 1. The molecule has 0 radical (unpaired) electrons. The Labute approximate surface area is 125 Å². The van der Waals surface area contributed by atoms with Gasteiger partial charge in [-0.05, 0) is 29.8 Å². The molecule has 6 nitrogen and oxygen atoms in total. The van der Waals surface area contributed by atoms with E-state index in [9.17, 15) is 19.1 Å². The molecule has 7 heteroatoms. The van der Waals surface area contributed by atoms with Crippen molar-refractivity contribution in [1.29, 1.82) is 0 Å². The lowest BCUT2D eigenvalue weighted by atomic mass is 10.0. The summed E-state index contributed by atoms with van der Waals surface area (Å²) >= 11 is 0. The topological polar surface area (TPSA) is 99.5 Å². The van der Waals surface area contributed by atoms with Crippen LogP contribution < -0.4 is 5.32 Å². The lowest BCUT2D eigenvalue weighted by molar-refractivity contribution is 0.0696. The summed E-state index contributed by atoms with van der Waals surface area (Å²) in [6.07, 6.45) is -1.35. The van der Waals surface area contributed by atoms with Gasteiger partial charge in [-0.25, -0.2) is 14.2 Å². The standard InChI is InChI=1S/C15H13FN2O4/c1-17-14(20)12-7-9(15(21)22)6-11(18-12)13(19)8-3-2-4-10(16)5-8/h2-7,13,19H,1H3,(H,17,20)(H,21,22)/t13-/m0/s1. The summed E-state index contributed by atoms with van der Waals surface area (Å²) < 4.78 is 13.2. The highest BCUT2D eigenvalue weighted by molar-refractivity contribution is 5.95. The van der Waals surface area contributed by atoms with Crippen molar-refractivity contribution >= 4 is 11.9 Å². The van der Waals surface area contributed by atoms with Crippen LogP contribution in [-0.4, -0.2) is 34.1 Å². The molecule has 1 aromatic heterocycles. The number of halogens is 1. The average molecular weight is 304 g/mol. The van der Waals surface area contributed by atoms with Crippen molar-refractivity contribution in [2.75, 3.05) is 7.05 Å². The summed E-state index contributed by atoms with van der Waals surface area (Å²) in [7, 11) is 1.38. The van der Waals surface area contributed by atoms with Crippen LogP contribution in [0.4, 0.5) is 4.39 Å². The van der Waals surface area contributed by atoms with Gasteiger partial charge in [0.15, 0.2) is 0 Å². The summed E-state index contributed by atoms with van der Waals surface area (Å²) in [6, 6.07) is 7.46. The van der Waals surface area contributed by atoms with Crippen molar-refractivity contribution in [3.8, 4) is 0 Å². The lowest BCUT2D eigenvalue weighted by Gasteiger charge is -2.13. The van der Waals surface area contributed by atoms with Gasteiger partial charge < -0.3 is 15.5 Å². The third-order valence-electron chi connectivity index (χ3n) is 3.00. The van der Waals surface area contributed by atoms with Crippen molar-refractivity contribution in [2.24, 2.45) is 0 Å². The molecule has 0 saturated heterocycles. The predicted molar refractivity (Wildman–Crippen MR) is 75.0 cm³/mol. The van der Waals surface area contributed by atoms with Crippen LogP contribution in [0.2, 0.25) is 0 Å². The number of carbonyl (C=O) groups is 2. The van der Waals surface area contributed by atoms with E-state index in [1.807, 2.05) is 0 Å². The first-order valence-electron chi connectivity index (χ1n) is 6.33. The first kappa shape index (κ1) is 15.6. The number of aromatic carboxylic acids is 1. The number of aliphatic hydroxyl groups is 1. The first-order valence-corrected chi connectivity index (χ1v) is 6.33. The molecule has 2 aromatic rings. The maximum atomic E-state index is 13.2. The molecule has 0 fully saturated rings. The molecule has 2 rings (SSSR count). The maximum absolute atomic E-state index is 13.2. The molecule has 0 saturated carbocycles. The van der Waals surface area contributed by atoms with Gasteiger partial charge in [-0.1, -0.05) is 12.1 Å². The van der Waals surface area contributed by atoms with E-state index >= 15 is 0 Å². The van der Waals surface area contributed by atoms with E-state index < -0.39 is 23.8 Å². The molecule has 0 unspecified atom stereocenters. The Kier molecular flexibility index (Phi) is 4.47. The van der Waals surface area contributed by atoms with E-state index in [0.29, 0.717) is 0 Å². The molecular weight excluding hydrogens is 291 g/mol. The van der Waals surface area contributed by atoms with Crippen molar-refractivity contribution in [3.63, 3.8) is 0 Å². The fourth-order valence-corrected chi connectivity index (χ4v) is 1.91. The number of benzene rings is 1. The molecule has 0 aliphatic rings. The SMILES string of the molecule is CNC(=O)c1cc(C(=O)O)cc([C@@H](O)c2cccc(F)c2)n1. The summed E-state index contributed by atoms with van der Waals surface area (Å²) in [5, 5.41) is 21.7. The second kappa shape index (κ2) is 6.31. The molecule has 0 bridgehead atoms. The van der Waals surface area contributed by atoms with Gasteiger partial charge in [-0.3, -0.25) is 4.79 Å². The Bertz CT molecular complexity index is 733. The second-order valence-electron chi connectivity index (χ2n) is 4.51. The Morgan fingerprint density at radius 3 is 2.59 bits per heavy atom. The van der Waals surface area contributed by atoms with Crippen LogP contribution in [0, 0.1) is 5.82 Å². The van der Waals surface area contributed by atoms with E-state index in [4.69, 9.17) is 5.11 Å². The molecule has 1 heterocycles. The summed E-state index contributed by atoms with van der Waals surface area (Å²) in [6.45, 7) is 0. The van der Waals surface area contributed by atoms with Crippen LogP contribution in [0.15, 0.2) is 36.4 Å². The van der Waals surface area contributed by atoms with Crippen molar-refractivity contribution in [2.45, 2.75) is 6.10 Å². The minimum Gasteiger partial charge on any atom is -0.478 e. The highest BCUT2D eigenvalue weighted by atomic mass is 19.1. The number of aromatic nitrogens is 1. The minimum absolute atomic E-state index is 0.0518. The van der Waals surface area contributed by atoms with E-state index in [2.05, 4.69) is 10.3 Å². The smallest absolute Gasteiger partial charge is 0.335 e. The fourth-order valence-electron chi connectivity index (χ4n) is 1.91. The zero-order valence-electron chi connectivity index (χ0n) is 11.6. The number of amides is 1. The number of nitrogens with zero attached hydrogens (tertiary/aromatic N) is 1. The second-order valence-corrected chi connectivity index (χ2v) is 4.51. The summed E-state index contributed by atoms with van der Waals surface area (Å²) in [5.41, 5.74) is -0.186. The van der Waals surface area contributed by atoms with Gasteiger partial charge in [0.25, 0.3) is 5.91 Å². The van der Waals surface area contributed by atoms with E-state index in [1.165, 1.54) is 25.2 Å². The molecule has 1 aromatic carbocycles. The largest absolute Gasteiger partial charge is 0.478 e. The Morgan fingerprint density at radius 2 is 2.00 bits per heavy atom. The number of hydrogen-bond donors (Lipinski definition) is 3. The van der Waals surface area contributed by atoms with E-state index in [1.54, 1.807) is 0 Å². The highest BCUT2D eigenvalue weighted by Crippen LogP contribution is 2.22. The fraction of sp³-hybridized carbons (Fsp3) is 0.133. The van der Waals surface area contributed by atoms with Gasteiger partial charge in [0, 0.05) is 7.05 Å². The zero-order valence-corrected chi connectivity index (χ0v) is 11.6. The van der Waals surface area contributed by atoms with Crippen LogP contribution in [0.25, 0.3) is 0 Å². The number of aliphatic hydroxyl groups excluding tert-OH is 1. The third kappa shape index (κ3) is 3.26. The van der Waals surface area contributed by atoms with Gasteiger partial charge in [0.05, 0.1) is 11.3 Å². The third-order valence-corrected chi connectivity index (χ3v) is 3.00. The average Bonchev–Trinajstić information content (AvgIpc) is 2.52. The van der Waals surface area contributed by atoms with Gasteiger partial charge in [0.2, 0.25) is 0 Å². The molecule has 1 amide bonds. The van der Waals surface area contributed by atoms with Crippen molar-refractivity contribution < 1.29 is 24.2 Å². The van der Waals surface area contributed by atoms with Crippen LogP contribution in [0.5, 0.6) is 0 Å². The Balaban J connectivity index is 2.51. The lowest BCUT2D eigenvalue weighted by Crippen LogP contribution is -2.21. The monoisotopic (exact) mass is 304 g/mol. The number of hydrogen-bond acceptors (Lipinski definition) is 4. The van der Waals surface area contributed by atoms with Crippen LogP contribution in [0.3, 0.4) is 0 Å². The van der Waals surface area contributed by atoms with Crippen molar-refractivity contribution in [1.82, 2.24) is 10.3 Å². The van der Waals surface area contributed by atoms with E-state index in [-0.39, 0.29) is 22.5 Å². The molecule has 114 valence electrons. The van der Waals surface area contributed by atoms with Crippen LogP contribution >= 0.6 is 0 Å². The van der Waals surface area contributed by atoms with Gasteiger partial charge in [0.1, 0.15) is 17.6 Å². The maximum Gasteiger partial charge on any atom is 0.335 e. The molecule has 0 aliphatic carbocycles. The molecule has 1 atom stereocenters. The predicted octanol–water partition coefficient (Wildman–Crippen LogP) is 1.36. The molecule has 0 aliphatic heterocycles. The molecule has 22 heavy (non-hydrogen) atoms. The van der Waals surface area contributed by atoms with Crippen LogP contribution in [-0.2, 0) is 0 Å². The van der Waals surface area contributed by atoms with Crippen molar-refractivity contribution in [3.05, 3.63) is 64.7 Å². The molecule has 0 spiro atoms. The Hall–Kier alpha value is -2.80. The normalized spacial score (nSPS) is 11.8. The highest BCUT2D eigenvalue weighted by Gasteiger charge is 2.19. The van der Waals surface area contributed by atoms with Gasteiger partial charge in [-0.2, -0.15) is 0 Å². The zero-order chi connectivity index (χ0) is 16.3. The molecular formula is C15H13FN2O4.